The Bertz CT molecular complexity index is 641. The highest BCUT2D eigenvalue weighted by Gasteiger charge is 2.20. The molecule has 0 radical (unpaired) electrons. The summed E-state index contributed by atoms with van der Waals surface area (Å²) >= 11 is 1.56. The van der Waals surface area contributed by atoms with E-state index in [1.807, 2.05) is 23.6 Å². The summed E-state index contributed by atoms with van der Waals surface area (Å²) in [6.07, 6.45) is -0.850. The Kier molecular flexibility index (Phi) is 5.55. The third-order valence-corrected chi connectivity index (χ3v) is 3.96. The molecule has 1 heterocycles. The summed E-state index contributed by atoms with van der Waals surface area (Å²) in [5.74, 6) is -0.840. The van der Waals surface area contributed by atoms with Crippen molar-refractivity contribution in [3.05, 3.63) is 52.2 Å². The van der Waals surface area contributed by atoms with Gasteiger partial charge in [0.15, 0.2) is 6.10 Å². The van der Waals surface area contributed by atoms with E-state index in [4.69, 9.17) is 4.74 Å². The summed E-state index contributed by atoms with van der Waals surface area (Å²) in [5, 5.41) is 7.62. The maximum absolute atomic E-state index is 12.1. The van der Waals surface area contributed by atoms with Gasteiger partial charge in [0, 0.05) is 17.6 Å². The van der Waals surface area contributed by atoms with Crippen molar-refractivity contribution in [1.82, 2.24) is 5.32 Å². The van der Waals surface area contributed by atoms with Gasteiger partial charge in [-0.25, -0.2) is 4.79 Å². The Balaban J connectivity index is 1.91. The second-order valence-corrected chi connectivity index (χ2v) is 5.67. The van der Waals surface area contributed by atoms with Crippen LogP contribution in [0.15, 0.2) is 41.8 Å². The van der Waals surface area contributed by atoms with Crippen LogP contribution in [-0.4, -0.2) is 25.0 Å². The standard InChI is InChI=1S/C16H18N2O3S/c1-11(15(19)18-10-12-6-5-9-22-12)21-16(20)13-7-3-4-8-14(13)17-2/h3-9,11,17H,10H2,1-2H3,(H,18,19). The number of rotatable bonds is 6. The number of ether oxygens (including phenoxy) is 1. The van der Waals surface area contributed by atoms with E-state index in [-0.39, 0.29) is 5.91 Å². The molecule has 0 saturated carbocycles. The molecule has 22 heavy (non-hydrogen) atoms. The SMILES string of the molecule is CNc1ccccc1C(=O)OC(C)C(=O)NCc1cccs1. The average Bonchev–Trinajstić information content (AvgIpc) is 3.05. The lowest BCUT2D eigenvalue weighted by Gasteiger charge is -2.14. The quantitative estimate of drug-likeness (QED) is 0.804. The molecule has 1 aromatic heterocycles. The molecular formula is C16H18N2O3S. The summed E-state index contributed by atoms with van der Waals surface area (Å²) in [4.78, 5) is 25.1. The zero-order chi connectivity index (χ0) is 15.9. The number of para-hydroxylation sites is 1. The average molecular weight is 318 g/mol. The number of amides is 1. The van der Waals surface area contributed by atoms with Crippen LogP contribution >= 0.6 is 11.3 Å². The van der Waals surface area contributed by atoms with E-state index in [9.17, 15) is 9.59 Å². The minimum absolute atomic E-state index is 0.316. The van der Waals surface area contributed by atoms with Gasteiger partial charge >= 0.3 is 5.97 Å². The fourth-order valence-corrected chi connectivity index (χ4v) is 2.53. The molecule has 0 aliphatic carbocycles. The molecule has 2 rings (SSSR count). The van der Waals surface area contributed by atoms with Gasteiger partial charge in [-0.3, -0.25) is 4.79 Å². The van der Waals surface area contributed by atoms with Crippen molar-refractivity contribution in [3.63, 3.8) is 0 Å². The van der Waals surface area contributed by atoms with E-state index in [1.165, 1.54) is 0 Å². The lowest BCUT2D eigenvalue weighted by Crippen LogP contribution is -2.35. The Labute approximate surface area is 133 Å². The van der Waals surface area contributed by atoms with Crippen LogP contribution in [0, 0.1) is 0 Å². The number of hydrogen-bond donors (Lipinski definition) is 2. The fraction of sp³-hybridized carbons (Fsp3) is 0.250. The molecule has 5 nitrogen and oxygen atoms in total. The fourth-order valence-electron chi connectivity index (χ4n) is 1.89. The molecule has 0 saturated heterocycles. The predicted octanol–water partition coefficient (Wildman–Crippen LogP) is 2.65. The number of carbonyl (C=O) groups excluding carboxylic acids is 2. The second kappa shape index (κ2) is 7.61. The van der Waals surface area contributed by atoms with Gasteiger partial charge in [-0.1, -0.05) is 18.2 Å². The van der Waals surface area contributed by atoms with Crippen molar-refractivity contribution in [2.45, 2.75) is 19.6 Å². The van der Waals surface area contributed by atoms with Crippen LogP contribution < -0.4 is 10.6 Å². The van der Waals surface area contributed by atoms with Crippen LogP contribution in [0.4, 0.5) is 5.69 Å². The van der Waals surface area contributed by atoms with E-state index in [1.54, 1.807) is 43.5 Å². The number of carbonyl (C=O) groups is 2. The number of hydrogen-bond acceptors (Lipinski definition) is 5. The molecule has 2 aromatic rings. The zero-order valence-corrected chi connectivity index (χ0v) is 13.3. The first-order valence-corrected chi connectivity index (χ1v) is 7.77. The lowest BCUT2D eigenvalue weighted by molar-refractivity contribution is -0.129. The van der Waals surface area contributed by atoms with E-state index < -0.39 is 12.1 Å². The highest BCUT2D eigenvalue weighted by atomic mass is 32.1. The number of thiophene rings is 1. The molecule has 116 valence electrons. The van der Waals surface area contributed by atoms with Crippen LogP contribution in [0.1, 0.15) is 22.2 Å². The van der Waals surface area contributed by atoms with Crippen molar-refractivity contribution in [2.75, 3.05) is 12.4 Å². The topological polar surface area (TPSA) is 67.4 Å². The van der Waals surface area contributed by atoms with Gasteiger partial charge in [0.05, 0.1) is 12.1 Å². The maximum atomic E-state index is 12.1. The van der Waals surface area contributed by atoms with Crippen molar-refractivity contribution >= 4 is 28.9 Å². The van der Waals surface area contributed by atoms with E-state index >= 15 is 0 Å². The number of anilines is 1. The van der Waals surface area contributed by atoms with Gasteiger partial charge in [-0.15, -0.1) is 11.3 Å². The zero-order valence-electron chi connectivity index (χ0n) is 12.5. The summed E-state index contributed by atoms with van der Waals surface area (Å²) in [5.41, 5.74) is 1.07. The van der Waals surface area contributed by atoms with Crippen LogP contribution in [0.25, 0.3) is 0 Å². The summed E-state index contributed by atoms with van der Waals surface area (Å²) in [6.45, 7) is 2.00. The first-order valence-electron chi connectivity index (χ1n) is 6.89. The van der Waals surface area contributed by atoms with Crippen molar-refractivity contribution in [1.29, 1.82) is 0 Å². The van der Waals surface area contributed by atoms with Crippen LogP contribution in [0.3, 0.4) is 0 Å². The molecule has 0 aliphatic rings. The van der Waals surface area contributed by atoms with Gasteiger partial charge in [-0.05, 0) is 30.5 Å². The molecule has 0 aliphatic heterocycles. The first-order chi connectivity index (χ1) is 10.6. The van der Waals surface area contributed by atoms with Crippen molar-refractivity contribution in [2.24, 2.45) is 0 Å². The highest BCUT2D eigenvalue weighted by molar-refractivity contribution is 7.09. The van der Waals surface area contributed by atoms with Gasteiger partial charge in [0.2, 0.25) is 0 Å². The minimum atomic E-state index is -0.850. The van der Waals surface area contributed by atoms with Crippen molar-refractivity contribution in [3.8, 4) is 0 Å². The van der Waals surface area contributed by atoms with Gasteiger partial charge in [0.25, 0.3) is 5.91 Å². The number of benzene rings is 1. The summed E-state index contributed by atoms with van der Waals surface area (Å²) in [7, 11) is 1.73. The Morgan fingerprint density at radius 3 is 2.68 bits per heavy atom. The molecular weight excluding hydrogens is 300 g/mol. The van der Waals surface area contributed by atoms with Crippen LogP contribution in [-0.2, 0) is 16.1 Å². The third-order valence-electron chi connectivity index (χ3n) is 3.09. The molecule has 6 heteroatoms. The van der Waals surface area contributed by atoms with E-state index in [2.05, 4.69) is 10.6 Å². The normalized spacial score (nSPS) is 11.5. The Morgan fingerprint density at radius 1 is 1.23 bits per heavy atom. The Hall–Kier alpha value is -2.34. The highest BCUT2D eigenvalue weighted by Crippen LogP contribution is 2.16. The molecule has 0 bridgehead atoms. The minimum Gasteiger partial charge on any atom is -0.449 e. The maximum Gasteiger partial charge on any atom is 0.341 e. The monoisotopic (exact) mass is 318 g/mol. The van der Waals surface area contributed by atoms with E-state index in [0.29, 0.717) is 17.8 Å². The third kappa shape index (κ3) is 4.08. The Morgan fingerprint density at radius 2 is 2.00 bits per heavy atom. The molecule has 2 N–H and O–H groups in total. The molecule has 1 unspecified atom stereocenters. The molecule has 1 atom stereocenters. The van der Waals surface area contributed by atoms with Crippen LogP contribution in [0.2, 0.25) is 0 Å². The summed E-state index contributed by atoms with van der Waals surface area (Å²) < 4.78 is 5.22. The molecule has 1 aromatic carbocycles. The lowest BCUT2D eigenvalue weighted by atomic mass is 10.2. The van der Waals surface area contributed by atoms with E-state index in [0.717, 1.165) is 4.88 Å². The second-order valence-electron chi connectivity index (χ2n) is 4.64. The van der Waals surface area contributed by atoms with Gasteiger partial charge < -0.3 is 15.4 Å². The number of esters is 1. The molecule has 1 amide bonds. The largest absolute Gasteiger partial charge is 0.449 e. The predicted molar refractivity (Wildman–Crippen MR) is 87.0 cm³/mol. The van der Waals surface area contributed by atoms with Gasteiger partial charge in [0.1, 0.15) is 0 Å². The molecule has 0 fully saturated rings. The summed E-state index contributed by atoms with van der Waals surface area (Å²) in [6, 6.07) is 10.9. The van der Waals surface area contributed by atoms with Gasteiger partial charge in [-0.2, -0.15) is 0 Å². The van der Waals surface area contributed by atoms with Crippen LogP contribution in [0.5, 0.6) is 0 Å². The van der Waals surface area contributed by atoms with Crippen molar-refractivity contribution < 1.29 is 14.3 Å². The first kappa shape index (κ1) is 16.0. The smallest absolute Gasteiger partial charge is 0.341 e. The number of nitrogens with one attached hydrogen (secondary N) is 2. The molecule has 0 spiro atoms.